The SMILES string of the molecule is O=C(O)C(CNc1ccc(F)cc1Br)c1ccccc1. The second-order valence-corrected chi connectivity index (χ2v) is 5.16. The summed E-state index contributed by atoms with van der Waals surface area (Å²) in [5.41, 5.74) is 1.39. The molecule has 0 aliphatic rings. The van der Waals surface area contributed by atoms with E-state index in [0.29, 0.717) is 10.2 Å². The summed E-state index contributed by atoms with van der Waals surface area (Å²) in [6, 6.07) is 13.2. The van der Waals surface area contributed by atoms with Crippen molar-refractivity contribution in [3.8, 4) is 0 Å². The van der Waals surface area contributed by atoms with Crippen molar-refractivity contribution in [3.63, 3.8) is 0 Å². The summed E-state index contributed by atoms with van der Waals surface area (Å²) < 4.78 is 13.6. The molecule has 0 saturated carbocycles. The van der Waals surface area contributed by atoms with Crippen molar-refractivity contribution in [1.82, 2.24) is 0 Å². The van der Waals surface area contributed by atoms with E-state index in [0.717, 1.165) is 5.56 Å². The highest BCUT2D eigenvalue weighted by Crippen LogP contribution is 2.24. The molecule has 0 saturated heterocycles. The molecule has 2 aromatic rings. The van der Waals surface area contributed by atoms with Gasteiger partial charge >= 0.3 is 5.97 Å². The Hall–Kier alpha value is -1.88. The van der Waals surface area contributed by atoms with Gasteiger partial charge in [-0.2, -0.15) is 0 Å². The number of carboxylic acid groups (broad SMARTS) is 1. The Kier molecular flexibility index (Phi) is 4.74. The van der Waals surface area contributed by atoms with Gasteiger partial charge in [0, 0.05) is 16.7 Å². The highest BCUT2D eigenvalue weighted by atomic mass is 79.9. The molecule has 1 unspecified atom stereocenters. The lowest BCUT2D eigenvalue weighted by Crippen LogP contribution is -2.21. The molecule has 0 radical (unpaired) electrons. The molecule has 2 N–H and O–H groups in total. The van der Waals surface area contributed by atoms with E-state index in [2.05, 4.69) is 21.2 Å². The van der Waals surface area contributed by atoms with Gasteiger partial charge in [-0.25, -0.2) is 4.39 Å². The van der Waals surface area contributed by atoms with Crippen molar-refractivity contribution in [2.24, 2.45) is 0 Å². The lowest BCUT2D eigenvalue weighted by molar-refractivity contribution is -0.138. The van der Waals surface area contributed by atoms with E-state index < -0.39 is 11.9 Å². The van der Waals surface area contributed by atoms with E-state index in [1.54, 1.807) is 30.3 Å². The van der Waals surface area contributed by atoms with Crippen LogP contribution in [0.25, 0.3) is 0 Å². The lowest BCUT2D eigenvalue weighted by Gasteiger charge is -2.15. The van der Waals surface area contributed by atoms with Crippen LogP contribution in [0, 0.1) is 5.82 Å². The molecular formula is C15H13BrFNO2. The molecule has 0 aliphatic heterocycles. The highest BCUT2D eigenvalue weighted by Gasteiger charge is 2.19. The molecule has 0 aromatic heterocycles. The van der Waals surface area contributed by atoms with Crippen molar-refractivity contribution in [2.45, 2.75) is 5.92 Å². The van der Waals surface area contributed by atoms with Crippen LogP contribution in [0.3, 0.4) is 0 Å². The second-order valence-electron chi connectivity index (χ2n) is 4.31. The smallest absolute Gasteiger partial charge is 0.312 e. The van der Waals surface area contributed by atoms with Crippen LogP contribution in [0.5, 0.6) is 0 Å². The van der Waals surface area contributed by atoms with Crippen LogP contribution in [-0.2, 0) is 4.79 Å². The molecule has 0 bridgehead atoms. The zero-order valence-corrected chi connectivity index (χ0v) is 12.1. The van der Waals surface area contributed by atoms with Gasteiger partial charge in [-0.15, -0.1) is 0 Å². The molecular weight excluding hydrogens is 325 g/mol. The van der Waals surface area contributed by atoms with E-state index >= 15 is 0 Å². The first kappa shape index (κ1) is 14.5. The van der Waals surface area contributed by atoms with Crippen molar-refractivity contribution >= 4 is 27.6 Å². The molecule has 2 rings (SSSR count). The Morgan fingerprint density at radius 2 is 1.95 bits per heavy atom. The van der Waals surface area contributed by atoms with Gasteiger partial charge in [0.1, 0.15) is 5.82 Å². The van der Waals surface area contributed by atoms with Crippen LogP contribution in [0.2, 0.25) is 0 Å². The monoisotopic (exact) mass is 337 g/mol. The summed E-state index contributed by atoms with van der Waals surface area (Å²) in [5.74, 6) is -1.91. The van der Waals surface area contributed by atoms with Crippen LogP contribution in [0.1, 0.15) is 11.5 Å². The Bertz CT molecular complexity index is 604. The van der Waals surface area contributed by atoms with Gasteiger partial charge in [0.15, 0.2) is 0 Å². The van der Waals surface area contributed by atoms with Crippen LogP contribution in [0.15, 0.2) is 53.0 Å². The van der Waals surface area contributed by atoms with E-state index in [9.17, 15) is 14.3 Å². The van der Waals surface area contributed by atoms with Crippen molar-refractivity contribution < 1.29 is 14.3 Å². The lowest BCUT2D eigenvalue weighted by atomic mass is 9.99. The van der Waals surface area contributed by atoms with Gasteiger partial charge in [0.2, 0.25) is 0 Å². The Morgan fingerprint density at radius 3 is 2.55 bits per heavy atom. The zero-order valence-electron chi connectivity index (χ0n) is 10.5. The molecule has 5 heteroatoms. The maximum absolute atomic E-state index is 13.0. The third-order valence-electron chi connectivity index (χ3n) is 2.93. The van der Waals surface area contributed by atoms with Crippen molar-refractivity contribution in [3.05, 3.63) is 64.4 Å². The summed E-state index contributed by atoms with van der Waals surface area (Å²) in [6.07, 6.45) is 0. The molecule has 104 valence electrons. The molecule has 3 nitrogen and oxygen atoms in total. The Morgan fingerprint density at radius 1 is 1.25 bits per heavy atom. The maximum atomic E-state index is 13.0. The topological polar surface area (TPSA) is 49.3 Å². The molecule has 20 heavy (non-hydrogen) atoms. The van der Waals surface area contributed by atoms with E-state index in [1.807, 2.05) is 6.07 Å². The van der Waals surface area contributed by atoms with Crippen LogP contribution < -0.4 is 5.32 Å². The number of hydrogen-bond acceptors (Lipinski definition) is 2. The molecule has 0 heterocycles. The Balaban J connectivity index is 2.12. The van der Waals surface area contributed by atoms with E-state index in [1.165, 1.54) is 12.1 Å². The molecule has 2 aromatic carbocycles. The quantitative estimate of drug-likeness (QED) is 0.870. The summed E-state index contributed by atoms with van der Waals surface area (Å²) in [5, 5.41) is 12.3. The average molecular weight is 338 g/mol. The summed E-state index contributed by atoms with van der Waals surface area (Å²) in [6.45, 7) is 0.226. The van der Waals surface area contributed by atoms with Crippen LogP contribution >= 0.6 is 15.9 Å². The predicted octanol–water partition coefficient (Wildman–Crippen LogP) is 3.87. The minimum absolute atomic E-state index is 0.226. The number of anilines is 1. The number of aliphatic carboxylic acids is 1. The first-order chi connectivity index (χ1) is 9.58. The van der Waals surface area contributed by atoms with Crippen molar-refractivity contribution in [1.29, 1.82) is 0 Å². The zero-order chi connectivity index (χ0) is 14.5. The predicted molar refractivity (Wildman–Crippen MR) is 79.4 cm³/mol. The second kappa shape index (κ2) is 6.52. The molecule has 0 fully saturated rings. The van der Waals surface area contributed by atoms with Gasteiger partial charge in [-0.1, -0.05) is 30.3 Å². The van der Waals surface area contributed by atoms with Gasteiger partial charge < -0.3 is 10.4 Å². The first-order valence-electron chi connectivity index (χ1n) is 6.04. The van der Waals surface area contributed by atoms with E-state index in [4.69, 9.17) is 0 Å². The minimum Gasteiger partial charge on any atom is -0.481 e. The molecule has 0 aliphatic carbocycles. The van der Waals surface area contributed by atoms with Gasteiger partial charge in [-0.3, -0.25) is 4.79 Å². The molecule has 0 amide bonds. The number of rotatable bonds is 5. The number of hydrogen-bond donors (Lipinski definition) is 2. The average Bonchev–Trinajstić information content (AvgIpc) is 2.42. The number of carbonyl (C=O) groups is 1. The normalized spacial score (nSPS) is 11.9. The highest BCUT2D eigenvalue weighted by molar-refractivity contribution is 9.10. The third kappa shape index (κ3) is 3.57. The third-order valence-corrected chi connectivity index (χ3v) is 3.58. The fourth-order valence-corrected chi connectivity index (χ4v) is 2.37. The standard InChI is InChI=1S/C15H13BrFNO2/c16-13-8-11(17)6-7-14(13)18-9-12(15(19)20)10-4-2-1-3-5-10/h1-8,12,18H,9H2,(H,19,20). The van der Waals surface area contributed by atoms with Gasteiger partial charge in [-0.05, 0) is 39.7 Å². The summed E-state index contributed by atoms with van der Waals surface area (Å²) >= 11 is 3.24. The first-order valence-corrected chi connectivity index (χ1v) is 6.84. The van der Waals surface area contributed by atoms with Crippen LogP contribution in [-0.4, -0.2) is 17.6 Å². The summed E-state index contributed by atoms with van der Waals surface area (Å²) in [7, 11) is 0. The van der Waals surface area contributed by atoms with Crippen molar-refractivity contribution in [2.75, 3.05) is 11.9 Å². The summed E-state index contributed by atoms with van der Waals surface area (Å²) in [4.78, 5) is 11.3. The number of nitrogens with one attached hydrogen (secondary N) is 1. The fourth-order valence-electron chi connectivity index (χ4n) is 1.88. The minimum atomic E-state index is -0.901. The van der Waals surface area contributed by atoms with Gasteiger partial charge in [0.25, 0.3) is 0 Å². The number of halogens is 2. The maximum Gasteiger partial charge on any atom is 0.312 e. The molecule has 0 spiro atoms. The number of benzene rings is 2. The number of carboxylic acids is 1. The van der Waals surface area contributed by atoms with E-state index in [-0.39, 0.29) is 12.4 Å². The molecule has 1 atom stereocenters. The fraction of sp³-hybridized carbons (Fsp3) is 0.133. The van der Waals surface area contributed by atoms with Gasteiger partial charge in [0.05, 0.1) is 5.92 Å². The largest absolute Gasteiger partial charge is 0.481 e. The Labute approximate surface area is 124 Å². The van der Waals surface area contributed by atoms with Crippen LogP contribution in [0.4, 0.5) is 10.1 Å².